The standard InChI is InChI=1S/C48H54N8O10S/c1-27-33(13-9-15-35(27)52-46(64)39(51-28(2)57)23-30-16-18-32(58)19-17-30)44(62)55-40(24-31-26-50-36-14-8-7-12-34(31)36)47(65)53-37(20-21-67-3)45(63)56-41(25-42(59)60)48(66)54-38(43(49)61)22-29-10-5-4-6-11-29/h4-19,26,37-41,50,58H,20-25H2,1-3H3,(H2,49,61)(H,51,57)(H,52,64)(H,53,65)(H,54,66)(H,55,62)(H,56,63)(H,59,60)/t37-,38-,39-,40-,41-/m0/s1. The summed E-state index contributed by atoms with van der Waals surface area (Å²) in [7, 11) is 0. The summed E-state index contributed by atoms with van der Waals surface area (Å²) in [5.74, 6) is -6.27. The number of benzene rings is 4. The van der Waals surface area contributed by atoms with E-state index in [1.165, 1.54) is 36.9 Å². The number of carbonyl (C=O) groups is 8. The third kappa shape index (κ3) is 14.7. The van der Waals surface area contributed by atoms with Gasteiger partial charge in [-0.3, -0.25) is 38.4 Å². The van der Waals surface area contributed by atoms with Gasteiger partial charge in [-0.1, -0.05) is 66.7 Å². The molecule has 4 aromatic carbocycles. The number of hydrogen-bond acceptors (Lipinski definition) is 10. The first kappa shape index (κ1) is 50.3. The molecule has 352 valence electrons. The maximum atomic E-state index is 14.4. The van der Waals surface area contributed by atoms with Crippen molar-refractivity contribution in [1.82, 2.24) is 31.6 Å². The van der Waals surface area contributed by atoms with Gasteiger partial charge in [-0.05, 0) is 77.9 Å². The van der Waals surface area contributed by atoms with E-state index in [4.69, 9.17) is 5.73 Å². The summed E-state index contributed by atoms with van der Waals surface area (Å²) in [6.07, 6.45) is 2.72. The summed E-state index contributed by atoms with van der Waals surface area (Å²) in [5.41, 5.74) is 9.06. The third-order valence-electron chi connectivity index (χ3n) is 10.8. The molecule has 0 fully saturated rings. The van der Waals surface area contributed by atoms with Crippen LogP contribution in [0, 0.1) is 6.92 Å². The summed E-state index contributed by atoms with van der Waals surface area (Å²) >= 11 is 1.37. The molecule has 11 N–H and O–H groups in total. The van der Waals surface area contributed by atoms with Crippen molar-refractivity contribution in [2.75, 3.05) is 17.3 Å². The molecule has 5 aromatic rings. The Hall–Kier alpha value is -7.67. The zero-order valence-electron chi connectivity index (χ0n) is 37.1. The van der Waals surface area contributed by atoms with Crippen molar-refractivity contribution in [2.45, 2.75) is 76.2 Å². The van der Waals surface area contributed by atoms with Crippen LogP contribution in [0.15, 0.2) is 103 Å². The first-order valence-corrected chi connectivity index (χ1v) is 22.7. The molecule has 0 unspecified atom stereocenters. The maximum Gasteiger partial charge on any atom is 0.305 e. The Morgan fingerprint density at radius 3 is 1.93 bits per heavy atom. The number of aromatic amines is 1. The molecule has 0 radical (unpaired) electrons. The smallest absolute Gasteiger partial charge is 0.305 e. The highest BCUT2D eigenvalue weighted by molar-refractivity contribution is 7.98. The van der Waals surface area contributed by atoms with Crippen LogP contribution in [0.1, 0.15) is 52.4 Å². The van der Waals surface area contributed by atoms with Crippen LogP contribution in [-0.2, 0) is 52.8 Å². The van der Waals surface area contributed by atoms with Crippen LogP contribution in [-0.4, -0.2) is 105 Å². The number of para-hydroxylation sites is 1. The van der Waals surface area contributed by atoms with Gasteiger partial charge in [0.2, 0.25) is 35.4 Å². The summed E-state index contributed by atoms with van der Waals surface area (Å²) in [6.45, 7) is 2.88. The monoisotopic (exact) mass is 934 g/mol. The molecule has 19 heteroatoms. The molecule has 67 heavy (non-hydrogen) atoms. The predicted octanol–water partition coefficient (Wildman–Crippen LogP) is 2.62. The van der Waals surface area contributed by atoms with Crippen LogP contribution >= 0.6 is 11.8 Å². The first-order valence-electron chi connectivity index (χ1n) is 21.3. The van der Waals surface area contributed by atoms with Gasteiger partial charge in [-0.2, -0.15) is 11.8 Å². The molecule has 0 aliphatic carbocycles. The van der Waals surface area contributed by atoms with Crippen LogP contribution in [0.2, 0.25) is 0 Å². The highest BCUT2D eigenvalue weighted by Gasteiger charge is 2.33. The van der Waals surface area contributed by atoms with Crippen LogP contribution in [0.5, 0.6) is 5.75 Å². The van der Waals surface area contributed by atoms with E-state index in [2.05, 4.69) is 36.9 Å². The van der Waals surface area contributed by atoms with Crippen molar-refractivity contribution in [2.24, 2.45) is 5.73 Å². The SMILES string of the molecule is CSCC[C@H](NC(=O)[C@H](Cc1c[nH]c2ccccc12)NC(=O)c1cccc(NC(=O)[C@H](Cc2ccc(O)cc2)NC(C)=O)c1C)C(=O)N[C@@H](CC(=O)O)C(=O)N[C@@H](Cc1ccccc1)C(N)=O. The van der Waals surface area contributed by atoms with Gasteiger partial charge in [0.05, 0.1) is 6.42 Å². The van der Waals surface area contributed by atoms with Gasteiger partial charge in [-0.25, -0.2) is 0 Å². The lowest BCUT2D eigenvalue weighted by Crippen LogP contribution is -2.59. The number of fused-ring (bicyclic) bond motifs is 1. The molecular formula is C48H54N8O10S. The molecule has 0 saturated carbocycles. The Labute approximate surface area is 390 Å². The Bertz CT molecular complexity index is 2590. The second-order valence-electron chi connectivity index (χ2n) is 15.8. The average molecular weight is 935 g/mol. The number of carboxylic acid groups (broad SMARTS) is 1. The molecule has 0 aliphatic heterocycles. The Morgan fingerprint density at radius 1 is 0.657 bits per heavy atom. The number of primary amides is 1. The number of hydrogen-bond donors (Lipinski definition) is 10. The number of amides is 7. The molecule has 5 atom stereocenters. The number of aliphatic carboxylic acids is 1. The number of carboxylic acids is 1. The van der Waals surface area contributed by atoms with Crippen molar-refractivity contribution in [3.05, 3.63) is 131 Å². The Balaban J connectivity index is 1.38. The Morgan fingerprint density at radius 2 is 1.25 bits per heavy atom. The largest absolute Gasteiger partial charge is 0.508 e. The minimum absolute atomic E-state index is 0.00516. The molecular weight excluding hydrogens is 881 g/mol. The number of nitrogens with one attached hydrogen (secondary N) is 7. The minimum Gasteiger partial charge on any atom is -0.508 e. The number of phenols is 1. The molecule has 1 heterocycles. The van der Waals surface area contributed by atoms with Crippen molar-refractivity contribution in [3.63, 3.8) is 0 Å². The van der Waals surface area contributed by atoms with Crippen molar-refractivity contribution in [3.8, 4) is 5.75 Å². The van der Waals surface area contributed by atoms with Gasteiger partial charge >= 0.3 is 5.97 Å². The minimum atomic E-state index is -1.67. The lowest BCUT2D eigenvalue weighted by atomic mass is 10.0. The van der Waals surface area contributed by atoms with Gasteiger partial charge < -0.3 is 52.8 Å². The van der Waals surface area contributed by atoms with Gasteiger partial charge in [0.25, 0.3) is 5.91 Å². The van der Waals surface area contributed by atoms with E-state index in [0.717, 1.165) is 10.9 Å². The molecule has 7 amide bonds. The summed E-state index contributed by atoms with van der Waals surface area (Å²) in [5, 5.41) is 36.0. The van der Waals surface area contributed by atoms with Crippen LogP contribution in [0.25, 0.3) is 10.9 Å². The number of H-pyrrole nitrogens is 1. The third-order valence-corrected chi connectivity index (χ3v) is 11.5. The maximum absolute atomic E-state index is 14.4. The topological polar surface area (TPSA) is 291 Å². The highest BCUT2D eigenvalue weighted by atomic mass is 32.2. The fraction of sp³-hybridized carbons (Fsp3) is 0.292. The fourth-order valence-corrected chi connectivity index (χ4v) is 7.77. The predicted molar refractivity (Wildman–Crippen MR) is 253 cm³/mol. The van der Waals surface area contributed by atoms with E-state index in [-0.39, 0.29) is 42.7 Å². The average Bonchev–Trinajstić information content (AvgIpc) is 3.70. The van der Waals surface area contributed by atoms with Gasteiger partial charge in [0, 0.05) is 54.5 Å². The van der Waals surface area contributed by atoms with Crippen LogP contribution < -0.4 is 37.6 Å². The number of thioether (sulfide) groups is 1. The molecule has 0 saturated heterocycles. The number of aromatic nitrogens is 1. The Kier molecular flexibility index (Phi) is 18.0. The van der Waals surface area contributed by atoms with E-state index >= 15 is 0 Å². The van der Waals surface area contributed by atoms with Crippen molar-refractivity contribution >= 4 is 75.7 Å². The molecule has 18 nitrogen and oxygen atoms in total. The first-order chi connectivity index (χ1) is 32.0. The van der Waals surface area contributed by atoms with E-state index in [1.54, 1.807) is 74.0 Å². The zero-order valence-corrected chi connectivity index (χ0v) is 37.9. The van der Waals surface area contributed by atoms with Crippen LogP contribution in [0.3, 0.4) is 0 Å². The normalized spacial score (nSPS) is 13.2. The number of aromatic hydroxyl groups is 1. The lowest BCUT2D eigenvalue weighted by Gasteiger charge is -2.26. The molecule has 0 bridgehead atoms. The number of phenolic OH excluding ortho intramolecular Hbond substituents is 1. The highest BCUT2D eigenvalue weighted by Crippen LogP contribution is 2.23. The zero-order chi connectivity index (χ0) is 48.6. The van der Waals surface area contributed by atoms with E-state index in [1.807, 2.05) is 24.3 Å². The van der Waals surface area contributed by atoms with Gasteiger partial charge in [-0.15, -0.1) is 0 Å². The molecule has 5 rings (SSSR count). The summed E-state index contributed by atoms with van der Waals surface area (Å²) in [6, 6.07) is 20.3. The van der Waals surface area contributed by atoms with Gasteiger partial charge in [0.1, 0.15) is 36.0 Å². The number of rotatable bonds is 23. The van der Waals surface area contributed by atoms with E-state index in [9.17, 15) is 48.6 Å². The lowest BCUT2D eigenvalue weighted by molar-refractivity contribution is -0.141. The molecule has 1 aromatic heterocycles. The fourth-order valence-electron chi connectivity index (χ4n) is 7.30. The second kappa shape index (κ2) is 24.0. The van der Waals surface area contributed by atoms with Crippen molar-refractivity contribution in [1.29, 1.82) is 0 Å². The summed E-state index contributed by atoms with van der Waals surface area (Å²) in [4.78, 5) is 109. The number of nitrogens with two attached hydrogens (primary N) is 1. The van der Waals surface area contributed by atoms with E-state index in [0.29, 0.717) is 28.0 Å². The van der Waals surface area contributed by atoms with E-state index < -0.39 is 83.9 Å². The van der Waals surface area contributed by atoms with Crippen LogP contribution in [0.4, 0.5) is 5.69 Å². The molecule has 0 spiro atoms. The quantitative estimate of drug-likeness (QED) is 0.0454. The molecule has 0 aliphatic rings. The number of anilines is 1. The summed E-state index contributed by atoms with van der Waals surface area (Å²) < 4.78 is 0. The van der Waals surface area contributed by atoms with Gasteiger partial charge in [0.15, 0.2) is 0 Å². The number of carbonyl (C=O) groups excluding carboxylic acids is 7. The second-order valence-corrected chi connectivity index (χ2v) is 16.8. The van der Waals surface area contributed by atoms with Crippen molar-refractivity contribution < 1.29 is 48.6 Å².